The van der Waals surface area contributed by atoms with Gasteiger partial charge >= 0.3 is 5.97 Å². The highest BCUT2D eigenvalue weighted by Gasteiger charge is 2.25. The summed E-state index contributed by atoms with van der Waals surface area (Å²) >= 11 is 0. The van der Waals surface area contributed by atoms with E-state index in [1.807, 2.05) is 12.1 Å². The lowest BCUT2D eigenvalue weighted by Crippen LogP contribution is -2.44. The first-order chi connectivity index (χ1) is 10.7. The van der Waals surface area contributed by atoms with Gasteiger partial charge in [0, 0.05) is 25.4 Å². The lowest BCUT2D eigenvalue weighted by atomic mass is 10.1. The molecule has 0 aromatic carbocycles. The summed E-state index contributed by atoms with van der Waals surface area (Å²) in [6, 6.07) is 3.61. The highest BCUT2D eigenvalue weighted by atomic mass is 16.5. The number of hydrogen-bond donors (Lipinski definition) is 0. The fourth-order valence-electron chi connectivity index (χ4n) is 2.47. The van der Waals surface area contributed by atoms with Crippen LogP contribution in [-0.4, -0.2) is 47.6 Å². The number of carbonyl (C=O) groups excluding carboxylic acids is 2. The molecule has 1 aliphatic heterocycles. The Morgan fingerprint density at radius 3 is 2.82 bits per heavy atom. The van der Waals surface area contributed by atoms with E-state index in [1.165, 1.54) is 0 Å². The molecule has 1 amide bonds. The number of esters is 1. The van der Waals surface area contributed by atoms with Crippen molar-refractivity contribution in [1.29, 1.82) is 0 Å². The Kier molecular flexibility index (Phi) is 6.18. The summed E-state index contributed by atoms with van der Waals surface area (Å²) in [6.45, 7) is 3.38. The van der Waals surface area contributed by atoms with Crippen molar-refractivity contribution >= 4 is 11.9 Å². The Bertz CT molecular complexity index is 492. The number of pyridine rings is 1. The highest BCUT2D eigenvalue weighted by molar-refractivity contribution is 5.81. The number of ether oxygens (including phenoxy) is 2. The van der Waals surface area contributed by atoms with Gasteiger partial charge in [-0.05, 0) is 31.9 Å². The van der Waals surface area contributed by atoms with E-state index in [1.54, 1.807) is 24.2 Å². The van der Waals surface area contributed by atoms with Crippen LogP contribution in [0.5, 0.6) is 5.75 Å². The maximum Gasteiger partial charge on any atom is 0.306 e. The molecule has 0 bridgehead atoms. The zero-order valence-electron chi connectivity index (χ0n) is 12.9. The molecule has 6 heteroatoms. The first-order valence-corrected chi connectivity index (χ1v) is 7.69. The number of nitrogens with zero attached hydrogens (tertiary/aromatic N) is 2. The molecule has 2 heterocycles. The molecular formula is C16H22N2O4. The Balaban J connectivity index is 1.79. The molecule has 6 nitrogen and oxygen atoms in total. The fourth-order valence-corrected chi connectivity index (χ4v) is 2.47. The summed E-state index contributed by atoms with van der Waals surface area (Å²) in [4.78, 5) is 29.2. The van der Waals surface area contributed by atoms with Crippen LogP contribution in [0.1, 0.15) is 32.6 Å². The normalized spacial score (nSPS) is 17.9. The number of piperidine rings is 1. The van der Waals surface area contributed by atoms with Crippen molar-refractivity contribution in [2.45, 2.75) is 38.7 Å². The van der Waals surface area contributed by atoms with Crippen molar-refractivity contribution in [3.05, 3.63) is 24.5 Å². The van der Waals surface area contributed by atoms with E-state index in [9.17, 15) is 9.59 Å². The summed E-state index contributed by atoms with van der Waals surface area (Å²) in [6.07, 6.45) is 5.51. The van der Waals surface area contributed by atoms with E-state index in [2.05, 4.69) is 4.98 Å². The van der Waals surface area contributed by atoms with Gasteiger partial charge in [0.2, 0.25) is 5.91 Å². The molecule has 0 radical (unpaired) electrons. The minimum absolute atomic E-state index is 0.0114. The Morgan fingerprint density at radius 2 is 2.09 bits per heavy atom. The van der Waals surface area contributed by atoms with Gasteiger partial charge in [0.05, 0.1) is 19.6 Å². The van der Waals surface area contributed by atoms with Crippen LogP contribution in [0.15, 0.2) is 24.5 Å². The van der Waals surface area contributed by atoms with Crippen LogP contribution in [0.4, 0.5) is 0 Å². The average molecular weight is 306 g/mol. The van der Waals surface area contributed by atoms with Crippen molar-refractivity contribution < 1.29 is 19.1 Å². The van der Waals surface area contributed by atoms with E-state index >= 15 is 0 Å². The molecule has 1 atom stereocenters. The number of amides is 1. The average Bonchev–Trinajstić information content (AvgIpc) is 2.54. The van der Waals surface area contributed by atoms with Crippen LogP contribution >= 0.6 is 0 Å². The maximum atomic E-state index is 12.2. The summed E-state index contributed by atoms with van der Waals surface area (Å²) < 4.78 is 10.7. The van der Waals surface area contributed by atoms with Gasteiger partial charge < -0.3 is 14.4 Å². The third-order valence-corrected chi connectivity index (χ3v) is 3.53. The summed E-state index contributed by atoms with van der Waals surface area (Å²) in [5.74, 6) is 0.425. The van der Waals surface area contributed by atoms with Gasteiger partial charge in [-0.1, -0.05) is 0 Å². The van der Waals surface area contributed by atoms with Crippen LogP contribution in [0.25, 0.3) is 0 Å². The zero-order chi connectivity index (χ0) is 15.8. The maximum absolute atomic E-state index is 12.2. The minimum Gasteiger partial charge on any atom is -0.488 e. The predicted molar refractivity (Wildman–Crippen MR) is 80.3 cm³/mol. The van der Waals surface area contributed by atoms with E-state index < -0.39 is 0 Å². The van der Waals surface area contributed by atoms with Crippen molar-refractivity contribution in [2.24, 2.45) is 0 Å². The molecule has 1 saturated heterocycles. The third kappa shape index (κ3) is 5.02. The van der Waals surface area contributed by atoms with E-state index in [4.69, 9.17) is 9.47 Å². The molecular weight excluding hydrogens is 284 g/mol. The smallest absolute Gasteiger partial charge is 0.306 e. The van der Waals surface area contributed by atoms with E-state index in [-0.39, 0.29) is 30.8 Å². The fraction of sp³-hybridized carbons (Fsp3) is 0.562. The van der Waals surface area contributed by atoms with Gasteiger partial charge in [0.1, 0.15) is 11.9 Å². The van der Waals surface area contributed by atoms with Gasteiger partial charge in [-0.15, -0.1) is 0 Å². The second kappa shape index (κ2) is 8.36. The quantitative estimate of drug-likeness (QED) is 0.750. The molecule has 1 aromatic rings. The van der Waals surface area contributed by atoms with Gasteiger partial charge in [0.15, 0.2) is 0 Å². The lowest BCUT2D eigenvalue weighted by molar-refractivity contribution is -0.146. The highest BCUT2D eigenvalue weighted by Crippen LogP contribution is 2.18. The zero-order valence-corrected chi connectivity index (χ0v) is 12.9. The molecule has 0 aliphatic carbocycles. The van der Waals surface area contributed by atoms with Crippen molar-refractivity contribution in [1.82, 2.24) is 9.88 Å². The number of rotatable bonds is 6. The molecule has 120 valence electrons. The van der Waals surface area contributed by atoms with Gasteiger partial charge in [-0.2, -0.15) is 0 Å². The molecule has 2 rings (SSSR count). The summed E-state index contributed by atoms with van der Waals surface area (Å²) in [7, 11) is 0. The van der Waals surface area contributed by atoms with Gasteiger partial charge in [-0.3, -0.25) is 14.6 Å². The van der Waals surface area contributed by atoms with Gasteiger partial charge in [0.25, 0.3) is 0 Å². The largest absolute Gasteiger partial charge is 0.488 e. The van der Waals surface area contributed by atoms with Crippen molar-refractivity contribution in [3.8, 4) is 5.75 Å². The standard InChI is InChI=1S/C16H22N2O4/c1-2-21-16(20)6-5-15(19)18-11-3-4-14(12-18)22-13-7-9-17-10-8-13/h7-10,14H,2-6,11-12H2,1H3. The number of likely N-dealkylation sites (tertiary alicyclic amines) is 1. The molecule has 1 aliphatic rings. The molecule has 1 fully saturated rings. The number of carbonyl (C=O) groups is 2. The predicted octanol–water partition coefficient (Wildman–Crippen LogP) is 1.79. The van der Waals surface area contributed by atoms with Crippen molar-refractivity contribution in [2.75, 3.05) is 19.7 Å². The second-order valence-electron chi connectivity index (χ2n) is 5.21. The number of aromatic nitrogens is 1. The monoisotopic (exact) mass is 306 g/mol. The van der Waals surface area contributed by atoms with Crippen LogP contribution in [0.2, 0.25) is 0 Å². The van der Waals surface area contributed by atoms with Gasteiger partial charge in [-0.25, -0.2) is 0 Å². The molecule has 0 N–H and O–H groups in total. The van der Waals surface area contributed by atoms with E-state index in [0.29, 0.717) is 13.2 Å². The summed E-state index contributed by atoms with van der Waals surface area (Å²) in [5.41, 5.74) is 0. The summed E-state index contributed by atoms with van der Waals surface area (Å²) in [5, 5.41) is 0. The second-order valence-corrected chi connectivity index (χ2v) is 5.21. The van der Waals surface area contributed by atoms with Crippen LogP contribution in [0, 0.1) is 0 Å². The SMILES string of the molecule is CCOC(=O)CCC(=O)N1CCCC(Oc2ccncc2)C1. The molecule has 1 aromatic heterocycles. The minimum atomic E-state index is -0.322. The molecule has 22 heavy (non-hydrogen) atoms. The van der Waals surface area contributed by atoms with Crippen LogP contribution < -0.4 is 4.74 Å². The van der Waals surface area contributed by atoms with E-state index in [0.717, 1.165) is 25.1 Å². The molecule has 0 spiro atoms. The Morgan fingerprint density at radius 1 is 1.32 bits per heavy atom. The lowest BCUT2D eigenvalue weighted by Gasteiger charge is -2.33. The van der Waals surface area contributed by atoms with Crippen LogP contribution in [0.3, 0.4) is 0 Å². The topological polar surface area (TPSA) is 68.7 Å². The number of hydrogen-bond acceptors (Lipinski definition) is 5. The molecule has 1 unspecified atom stereocenters. The first-order valence-electron chi connectivity index (χ1n) is 7.69. The first kappa shape index (κ1) is 16.3. The third-order valence-electron chi connectivity index (χ3n) is 3.53. The Labute approximate surface area is 130 Å². The molecule has 0 saturated carbocycles. The Hall–Kier alpha value is -2.11. The van der Waals surface area contributed by atoms with Crippen LogP contribution in [-0.2, 0) is 14.3 Å². The van der Waals surface area contributed by atoms with Crippen molar-refractivity contribution in [3.63, 3.8) is 0 Å².